The fraction of sp³-hybridized carbons (Fsp3) is 0.419. The minimum Gasteiger partial charge on any atom is -0.481 e. The number of carboxylic acids is 1. The molecule has 0 saturated heterocycles. The zero-order valence-corrected chi connectivity index (χ0v) is 25.6. The first kappa shape index (κ1) is 35.1. The lowest BCUT2D eigenvalue weighted by Crippen LogP contribution is -2.46. The molecule has 13 heteroatoms. The monoisotopic (exact) mass is 639 g/mol. The van der Waals surface area contributed by atoms with Crippen LogP contribution in [-0.2, 0) is 33.8 Å². The van der Waals surface area contributed by atoms with Crippen LogP contribution in [0.4, 0.5) is 17.6 Å². The summed E-state index contributed by atoms with van der Waals surface area (Å²) in [5, 5.41) is 22.6. The number of alkyl halides is 3. The third-order valence-electron chi connectivity index (χ3n) is 7.18. The Kier molecular flexibility index (Phi) is 11.6. The van der Waals surface area contributed by atoms with Gasteiger partial charge in [-0.05, 0) is 74.6 Å². The fourth-order valence-electron chi connectivity index (χ4n) is 4.60. The van der Waals surface area contributed by atoms with E-state index in [2.05, 4.69) is 10.3 Å². The molecule has 8 nitrogen and oxygen atoms in total. The van der Waals surface area contributed by atoms with Gasteiger partial charge >= 0.3 is 12.1 Å². The van der Waals surface area contributed by atoms with Gasteiger partial charge < -0.3 is 15.5 Å². The summed E-state index contributed by atoms with van der Waals surface area (Å²) >= 11 is 0. The van der Waals surface area contributed by atoms with E-state index in [0.717, 1.165) is 16.4 Å². The van der Waals surface area contributed by atoms with Crippen LogP contribution in [0.5, 0.6) is 0 Å². The summed E-state index contributed by atoms with van der Waals surface area (Å²) in [4.78, 5) is 14.3. The number of aliphatic carboxylic acids is 1. The predicted molar refractivity (Wildman–Crippen MR) is 158 cm³/mol. The molecule has 0 saturated carbocycles. The maximum Gasteiger partial charge on any atom is 0.416 e. The van der Waals surface area contributed by atoms with Gasteiger partial charge in [-0.2, -0.15) is 17.5 Å². The maximum absolute atomic E-state index is 13.9. The minimum atomic E-state index is -4.84. The van der Waals surface area contributed by atoms with Gasteiger partial charge in [0.1, 0.15) is 5.82 Å². The van der Waals surface area contributed by atoms with Crippen LogP contribution in [0.15, 0.2) is 65.7 Å². The van der Waals surface area contributed by atoms with Crippen molar-refractivity contribution in [2.24, 2.45) is 0 Å². The van der Waals surface area contributed by atoms with Crippen LogP contribution in [0.3, 0.4) is 0 Å². The van der Waals surface area contributed by atoms with E-state index >= 15 is 0 Å². The summed E-state index contributed by atoms with van der Waals surface area (Å²) < 4.78 is 82.7. The van der Waals surface area contributed by atoms with E-state index in [1.54, 1.807) is 18.2 Å². The van der Waals surface area contributed by atoms with Crippen LogP contribution in [-0.4, -0.2) is 65.7 Å². The number of nitrogens with one attached hydrogen (secondary N) is 1. The van der Waals surface area contributed by atoms with Gasteiger partial charge in [-0.25, -0.2) is 12.8 Å². The summed E-state index contributed by atoms with van der Waals surface area (Å²) in [6, 6.07) is 11.9. The Morgan fingerprint density at radius 3 is 2.36 bits per heavy atom. The summed E-state index contributed by atoms with van der Waals surface area (Å²) in [7, 11) is -3.27. The van der Waals surface area contributed by atoms with Crippen LogP contribution in [0, 0.1) is 5.82 Å². The highest BCUT2D eigenvalue weighted by molar-refractivity contribution is 7.89. The number of benzene rings is 2. The number of aromatic nitrogens is 1. The second-order valence-electron chi connectivity index (χ2n) is 11.3. The first-order valence-electron chi connectivity index (χ1n) is 14.0. The number of aliphatic hydroxyl groups is 1. The molecule has 3 N–H and O–H groups in total. The zero-order valence-electron chi connectivity index (χ0n) is 24.7. The second-order valence-corrected chi connectivity index (χ2v) is 13.4. The van der Waals surface area contributed by atoms with Gasteiger partial charge in [-0.3, -0.25) is 9.78 Å². The number of rotatable bonds is 15. The lowest BCUT2D eigenvalue weighted by molar-refractivity contribution is -0.138. The molecule has 0 aliphatic rings. The van der Waals surface area contributed by atoms with Crippen LogP contribution < -0.4 is 5.32 Å². The summed E-state index contributed by atoms with van der Waals surface area (Å²) in [6.45, 7) is 3.44. The van der Waals surface area contributed by atoms with Crippen molar-refractivity contribution in [1.29, 1.82) is 0 Å². The molecule has 240 valence electrons. The topological polar surface area (TPSA) is 120 Å². The highest BCUT2D eigenvalue weighted by atomic mass is 32.2. The van der Waals surface area contributed by atoms with E-state index in [4.69, 9.17) is 5.11 Å². The number of carbonyl (C=O) groups is 1. The maximum atomic E-state index is 13.9. The van der Waals surface area contributed by atoms with E-state index in [-0.39, 0.29) is 42.9 Å². The Hall–Kier alpha value is -3.39. The molecule has 0 aliphatic heterocycles. The zero-order chi connectivity index (χ0) is 32.7. The van der Waals surface area contributed by atoms with Gasteiger partial charge in [0.05, 0.1) is 23.0 Å². The van der Waals surface area contributed by atoms with Gasteiger partial charge in [0.15, 0.2) is 0 Å². The Bertz CT molecular complexity index is 1530. The largest absolute Gasteiger partial charge is 0.481 e. The molecule has 0 radical (unpaired) electrons. The fourth-order valence-corrected chi connectivity index (χ4v) is 5.88. The highest BCUT2D eigenvalue weighted by Gasteiger charge is 2.34. The van der Waals surface area contributed by atoms with Gasteiger partial charge in [0.2, 0.25) is 10.0 Å². The predicted octanol–water partition coefficient (Wildman–Crippen LogP) is 5.30. The molecule has 0 aliphatic carbocycles. The Morgan fingerprint density at radius 2 is 1.75 bits per heavy atom. The number of halogens is 4. The van der Waals surface area contributed by atoms with Crippen LogP contribution in [0.2, 0.25) is 0 Å². The number of hydrogen-bond donors (Lipinski definition) is 3. The number of sulfonamides is 1. The molecule has 1 atom stereocenters. The third-order valence-corrected chi connectivity index (χ3v) is 8.99. The number of hydrogen-bond acceptors (Lipinski definition) is 6. The highest BCUT2D eigenvalue weighted by Crippen LogP contribution is 2.35. The number of β-amino-alcohol motifs (C(OH)–C–C–N with tert-alkyl or cyclic N) is 1. The average molecular weight is 640 g/mol. The molecule has 0 spiro atoms. The van der Waals surface area contributed by atoms with Crippen molar-refractivity contribution in [2.75, 3.05) is 20.1 Å². The molecule has 1 aromatic heterocycles. The Morgan fingerprint density at radius 1 is 1.05 bits per heavy atom. The SMILES string of the molecule is CN(C[C@H](O)CNC(C)(C)CCCc1ccccc1F)S(=O)(=O)c1cc(-c2ccc(CCC(=O)O)nc2)cc(C(F)(F)F)c1. The number of aryl methyl sites for hydroxylation is 2. The first-order chi connectivity index (χ1) is 20.5. The molecule has 3 rings (SSSR count). The molecule has 0 amide bonds. The third kappa shape index (κ3) is 10.1. The standard InChI is InChI=1S/C31H37F4N3O5S/c1-30(2,14-6-8-21-7-4-5-9-28(21)32)37-19-26(39)20-38(3)44(42,43)27-16-23(15-24(17-27)31(33,34)35)22-10-11-25(36-18-22)12-13-29(40)41/h4-5,7,9-11,15-18,26,37,39H,6,8,12-14,19-20H2,1-3H3,(H,40,41)/t26-/m1/s1. The van der Waals surface area contributed by atoms with Crippen molar-refractivity contribution in [2.45, 2.75) is 68.7 Å². The number of nitrogens with zero attached hydrogens (tertiary/aromatic N) is 2. The summed E-state index contributed by atoms with van der Waals surface area (Å²) in [6.07, 6.45) is -2.94. The van der Waals surface area contributed by atoms with Gasteiger partial charge in [-0.15, -0.1) is 0 Å². The number of likely N-dealkylation sites (N-methyl/N-ethyl adjacent to an activating group) is 1. The van der Waals surface area contributed by atoms with Crippen LogP contribution in [0.25, 0.3) is 11.1 Å². The second kappa shape index (κ2) is 14.6. The number of carboxylic acid groups (broad SMARTS) is 1. The van der Waals surface area contributed by atoms with E-state index in [0.29, 0.717) is 36.6 Å². The van der Waals surface area contributed by atoms with Crippen molar-refractivity contribution < 1.29 is 41.0 Å². The number of aliphatic hydroxyl groups excluding tert-OH is 1. The number of pyridine rings is 1. The lowest BCUT2D eigenvalue weighted by Gasteiger charge is -2.29. The Labute approximate surface area is 254 Å². The lowest BCUT2D eigenvalue weighted by atomic mass is 9.95. The molecule has 3 aromatic rings. The summed E-state index contributed by atoms with van der Waals surface area (Å²) in [5.74, 6) is -1.29. The van der Waals surface area contributed by atoms with Crippen molar-refractivity contribution in [3.05, 3.63) is 83.4 Å². The molecule has 1 heterocycles. The van der Waals surface area contributed by atoms with E-state index in [1.165, 1.54) is 31.4 Å². The minimum absolute atomic E-state index is 0.0142. The van der Waals surface area contributed by atoms with Crippen molar-refractivity contribution >= 4 is 16.0 Å². The molecule has 2 aromatic carbocycles. The molecular weight excluding hydrogens is 602 g/mol. The smallest absolute Gasteiger partial charge is 0.416 e. The van der Waals surface area contributed by atoms with Gasteiger partial charge in [-0.1, -0.05) is 24.3 Å². The van der Waals surface area contributed by atoms with E-state index < -0.39 is 44.3 Å². The normalized spacial score (nSPS) is 13.3. The summed E-state index contributed by atoms with van der Waals surface area (Å²) in [5.41, 5.74) is -0.421. The van der Waals surface area contributed by atoms with Gasteiger partial charge in [0, 0.05) is 49.6 Å². The average Bonchev–Trinajstić information content (AvgIpc) is 2.95. The van der Waals surface area contributed by atoms with E-state index in [9.17, 15) is 35.9 Å². The Balaban J connectivity index is 1.69. The molecule has 0 fully saturated rings. The molecule has 44 heavy (non-hydrogen) atoms. The van der Waals surface area contributed by atoms with Crippen molar-refractivity contribution in [3.8, 4) is 11.1 Å². The van der Waals surface area contributed by atoms with Crippen LogP contribution >= 0.6 is 0 Å². The van der Waals surface area contributed by atoms with Gasteiger partial charge in [0.25, 0.3) is 0 Å². The first-order valence-corrected chi connectivity index (χ1v) is 15.4. The molecule has 0 bridgehead atoms. The van der Waals surface area contributed by atoms with Crippen molar-refractivity contribution in [3.63, 3.8) is 0 Å². The molecule has 0 unspecified atom stereocenters. The van der Waals surface area contributed by atoms with Crippen molar-refractivity contribution in [1.82, 2.24) is 14.6 Å². The quantitative estimate of drug-likeness (QED) is 0.193. The molecular formula is C31H37F4N3O5S. The van der Waals surface area contributed by atoms with E-state index in [1.807, 2.05) is 13.8 Å². The van der Waals surface area contributed by atoms with Crippen LogP contribution in [0.1, 0.15) is 49.9 Å².